The summed E-state index contributed by atoms with van der Waals surface area (Å²) in [6.45, 7) is 4.40. The number of carboxylic acid groups (broad SMARTS) is 1. The van der Waals surface area contributed by atoms with Crippen molar-refractivity contribution in [1.82, 2.24) is 40.4 Å². The fourth-order valence-corrected chi connectivity index (χ4v) is 10.4. The molecule has 1 aliphatic carbocycles. The van der Waals surface area contributed by atoms with Crippen molar-refractivity contribution in [2.75, 3.05) is 13.7 Å². The molecular weight excluding hydrogens is 809 g/mol. The maximum absolute atomic E-state index is 14.2. The first-order valence-corrected chi connectivity index (χ1v) is 22.1. The second-order valence-electron chi connectivity index (χ2n) is 17.7. The van der Waals surface area contributed by atoms with Crippen LogP contribution in [0.4, 0.5) is 9.59 Å². The summed E-state index contributed by atoms with van der Waals surface area (Å²) in [7, 11) is 1.29. The van der Waals surface area contributed by atoms with E-state index >= 15 is 0 Å². The molecule has 2 bridgehead atoms. The molecule has 64 heavy (non-hydrogen) atoms. The van der Waals surface area contributed by atoms with Gasteiger partial charge in [-0.15, -0.1) is 0 Å². The second-order valence-corrected chi connectivity index (χ2v) is 17.7. The standard InChI is InChI=1S/C50H50N8O6/c1-27(2)41(56-50(63)64-3)47(59)57-21-7-10-40(57)45-52-38-20-17-33-23-32(16-19-37(33)43(38)54-45)29-11-12-31-24-34(14-13-30(31)22-29)39-26-51-46(53-39)44-35-15-18-36(25-35)58(44)48(60)42(55-49(61)62)28-8-5-4-6-9-28/h4-6,8-9,11-14,16-17,19-20,22-24,26-27,35-36,40-42,44,55H,7,10,15,18,21,25H2,1-3H3,(H,51,53)(H,52,54)(H,56,63)(H,61,62)/t35-,36+,40-,41?,42?,44-/m0/s1. The minimum atomic E-state index is -1.24. The van der Waals surface area contributed by atoms with Crippen molar-refractivity contribution >= 4 is 56.6 Å². The highest BCUT2D eigenvalue weighted by atomic mass is 16.5. The molecule has 14 nitrogen and oxygen atoms in total. The van der Waals surface area contributed by atoms with Crippen LogP contribution < -0.4 is 10.6 Å². The second kappa shape index (κ2) is 16.5. The zero-order valence-electron chi connectivity index (χ0n) is 35.9. The molecule has 3 aliphatic rings. The number of methoxy groups -OCH3 is 1. The number of carbonyl (C=O) groups excluding carboxylic acids is 3. The van der Waals surface area contributed by atoms with Gasteiger partial charge in [-0.3, -0.25) is 9.59 Å². The number of nitrogens with zero attached hydrogens (tertiary/aromatic N) is 4. The molecule has 3 fully saturated rings. The van der Waals surface area contributed by atoms with Gasteiger partial charge in [-0.2, -0.15) is 0 Å². The van der Waals surface area contributed by atoms with Crippen LogP contribution in [0.15, 0.2) is 103 Å². The number of hydrogen-bond acceptors (Lipinski definition) is 7. The number of aromatic amines is 2. The number of nitrogens with one attached hydrogen (secondary N) is 4. The molecule has 2 unspecified atom stereocenters. The Kier molecular flexibility index (Phi) is 10.5. The molecule has 14 heteroatoms. The molecule has 2 aliphatic heterocycles. The molecule has 4 amide bonds. The number of amides is 4. The maximum Gasteiger partial charge on any atom is 0.407 e. The third kappa shape index (κ3) is 7.35. The molecule has 2 aromatic heterocycles. The summed E-state index contributed by atoms with van der Waals surface area (Å²) in [5.41, 5.74) is 6.36. The molecule has 5 N–H and O–H groups in total. The number of rotatable bonds is 10. The predicted octanol–water partition coefficient (Wildman–Crippen LogP) is 9.03. The fraction of sp³-hybridized carbons (Fsp3) is 0.320. The first kappa shape index (κ1) is 40.8. The van der Waals surface area contributed by atoms with Gasteiger partial charge in [-0.25, -0.2) is 19.6 Å². The Morgan fingerprint density at radius 3 is 2.27 bits per heavy atom. The number of H-pyrrole nitrogens is 2. The SMILES string of the molecule is COC(=O)NC(C(=O)N1CCC[C@H]1c1nc2c(ccc3cc(-c4ccc5cc(-c6cnc([C@@H]7[C@H]8CC[C@H](C8)N7C(=O)C(NC(=O)O)c7ccccc7)[nH]6)ccc5c4)ccc32)[nH]1)C(C)C. The van der Waals surface area contributed by atoms with E-state index in [0.717, 1.165) is 92.9 Å². The van der Waals surface area contributed by atoms with Crippen molar-refractivity contribution in [2.24, 2.45) is 11.8 Å². The third-order valence-corrected chi connectivity index (χ3v) is 13.6. The minimum absolute atomic E-state index is 0.0315. The number of fused-ring (bicyclic) bond motifs is 6. The highest BCUT2D eigenvalue weighted by molar-refractivity contribution is 6.06. The zero-order valence-corrected chi connectivity index (χ0v) is 35.9. The number of imidazole rings is 2. The summed E-state index contributed by atoms with van der Waals surface area (Å²) < 4.78 is 4.80. The number of aromatic nitrogens is 4. The summed E-state index contributed by atoms with van der Waals surface area (Å²) in [4.78, 5) is 72.5. The minimum Gasteiger partial charge on any atom is -0.465 e. The number of alkyl carbamates (subject to hydrolysis) is 1. The van der Waals surface area contributed by atoms with Crippen LogP contribution in [-0.2, 0) is 14.3 Å². The van der Waals surface area contributed by atoms with E-state index in [4.69, 9.17) is 14.7 Å². The van der Waals surface area contributed by atoms with Gasteiger partial charge >= 0.3 is 12.2 Å². The number of likely N-dealkylation sites (tertiary alicyclic amines) is 2. The van der Waals surface area contributed by atoms with Crippen LogP contribution in [0.2, 0.25) is 0 Å². The Morgan fingerprint density at radius 2 is 1.52 bits per heavy atom. The van der Waals surface area contributed by atoms with Gasteiger partial charge in [0.1, 0.15) is 23.7 Å². The third-order valence-electron chi connectivity index (χ3n) is 13.6. The van der Waals surface area contributed by atoms with E-state index < -0.39 is 24.3 Å². The van der Waals surface area contributed by atoms with Crippen LogP contribution in [0.25, 0.3) is 55.0 Å². The first-order valence-electron chi connectivity index (χ1n) is 22.1. The van der Waals surface area contributed by atoms with Crippen LogP contribution >= 0.6 is 0 Å². The zero-order chi connectivity index (χ0) is 44.2. The molecule has 7 aromatic rings. The van der Waals surface area contributed by atoms with Gasteiger partial charge < -0.3 is 40.2 Å². The van der Waals surface area contributed by atoms with Gasteiger partial charge in [0.05, 0.1) is 42.1 Å². The van der Waals surface area contributed by atoms with Gasteiger partial charge in [0.2, 0.25) is 5.91 Å². The van der Waals surface area contributed by atoms with E-state index in [2.05, 4.69) is 81.3 Å². The summed E-state index contributed by atoms with van der Waals surface area (Å²) in [6.07, 6.45) is 4.32. The van der Waals surface area contributed by atoms with Crippen LogP contribution in [0.5, 0.6) is 0 Å². The lowest BCUT2D eigenvalue weighted by Crippen LogP contribution is -2.51. The molecule has 6 atom stereocenters. The Morgan fingerprint density at radius 1 is 0.797 bits per heavy atom. The van der Waals surface area contributed by atoms with Crippen molar-refractivity contribution in [3.05, 3.63) is 120 Å². The van der Waals surface area contributed by atoms with E-state index in [1.54, 1.807) is 12.1 Å². The van der Waals surface area contributed by atoms with Crippen LogP contribution in [0.3, 0.4) is 0 Å². The summed E-state index contributed by atoms with van der Waals surface area (Å²) in [6, 6.07) is 30.2. The number of piperidine rings is 1. The van der Waals surface area contributed by atoms with Gasteiger partial charge in [-0.05, 0) is 101 Å². The average molecular weight is 859 g/mol. The first-order chi connectivity index (χ1) is 31.0. The van der Waals surface area contributed by atoms with Crippen molar-refractivity contribution in [3.63, 3.8) is 0 Å². The fourth-order valence-electron chi connectivity index (χ4n) is 10.4. The van der Waals surface area contributed by atoms with Gasteiger partial charge in [0, 0.05) is 23.5 Å². The highest BCUT2D eigenvalue weighted by Crippen LogP contribution is 2.50. The van der Waals surface area contributed by atoms with E-state index in [1.807, 2.05) is 54.1 Å². The lowest BCUT2D eigenvalue weighted by Gasteiger charge is -2.36. The summed E-state index contributed by atoms with van der Waals surface area (Å²) in [5, 5.41) is 19.1. The summed E-state index contributed by atoms with van der Waals surface area (Å²) >= 11 is 0. The van der Waals surface area contributed by atoms with Gasteiger partial charge in [-0.1, -0.05) is 86.6 Å². The average Bonchev–Trinajstić information content (AvgIpc) is 4.18. The maximum atomic E-state index is 14.2. The predicted molar refractivity (Wildman–Crippen MR) is 243 cm³/mol. The molecule has 0 radical (unpaired) electrons. The topological polar surface area (TPSA) is 186 Å². The number of benzene rings is 5. The normalized spacial score (nSPS) is 20.3. The Hall–Kier alpha value is -7.22. The Balaban J connectivity index is 0.878. The van der Waals surface area contributed by atoms with E-state index in [-0.39, 0.29) is 41.8 Å². The van der Waals surface area contributed by atoms with Crippen molar-refractivity contribution in [1.29, 1.82) is 0 Å². The number of carbonyl (C=O) groups is 4. The smallest absolute Gasteiger partial charge is 0.407 e. The number of hydrogen-bond donors (Lipinski definition) is 5. The molecule has 10 rings (SSSR count). The molecule has 326 valence electrons. The van der Waals surface area contributed by atoms with Crippen LogP contribution in [-0.4, -0.2) is 84.6 Å². The molecule has 4 heterocycles. The molecule has 5 aromatic carbocycles. The molecular formula is C50H50N8O6. The van der Waals surface area contributed by atoms with Crippen LogP contribution in [0.1, 0.15) is 81.3 Å². The molecule has 1 saturated carbocycles. The van der Waals surface area contributed by atoms with E-state index in [0.29, 0.717) is 17.9 Å². The largest absolute Gasteiger partial charge is 0.465 e. The highest BCUT2D eigenvalue weighted by Gasteiger charge is 2.51. The molecule has 0 spiro atoms. The lowest BCUT2D eigenvalue weighted by molar-refractivity contribution is -0.138. The quantitative estimate of drug-likeness (QED) is 0.0902. The van der Waals surface area contributed by atoms with Gasteiger partial charge in [0.15, 0.2) is 0 Å². The number of ether oxygens (including phenoxy) is 1. The van der Waals surface area contributed by atoms with Crippen LogP contribution in [0, 0.1) is 11.8 Å². The Labute approximate surface area is 369 Å². The Bertz CT molecular complexity index is 2940. The van der Waals surface area contributed by atoms with Crippen molar-refractivity contribution in [2.45, 2.75) is 76.2 Å². The van der Waals surface area contributed by atoms with Crippen molar-refractivity contribution < 1.29 is 29.0 Å². The summed E-state index contributed by atoms with van der Waals surface area (Å²) in [5.74, 6) is 1.18. The lowest BCUT2D eigenvalue weighted by atomic mass is 9.96. The van der Waals surface area contributed by atoms with E-state index in [9.17, 15) is 24.3 Å². The van der Waals surface area contributed by atoms with Crippen molar-refractivity contribution in [3.8, 4) is 22.4 Å². The van der Waals surface area contributed by atoms with Gasteiger partial charge in [0.25, 0.3) is 5.91 Å². The molecule has 2 saturated heterocycles. The monoisotopic (exact) mass is 858 g/mol. The van der Waals surface area contributed by atoms with E-state index in [1.165, 1.54) is 7.11 Å².